The summed E-state index contributed by atoms with van der Waals surface area (Å²) in [6.45, 7) is 0. The van der Waals surface area contributed by atoms with Gasteiger partial charge in [-0.15, -0.1) is 0 Å². The van der Waals surface area contributed by atoms with Crippen LogP contribution in [0.1, 0.15) is 31.0 Å². The minimum atomic E-state index is -1.32. The number of hydrogen-bond donors (Lipinski definition) is 4. The summed E-state index contributed by atoms with van der Waals surface area (Å²) < 4.78 is 0. The van der Waals surface area contributed by atoms with Gasteiger partial charge < -0.3 is 20.5 Å². The summed E-state index contributed by atoms with van der Waals surface area (Å²) in [6, 6.07) is -0.206. The van der Waals surface area contributed by atoms with Crippen molar-refractivity contribution in [2.75, 3.05) is 5.32 Å². The van der Waals surface area contributed by atoms with Crippen molar-refractivity contribution < 1.29 is 19.8 Å². The van der Waals surface area contributed by atoms with Gasteiger partial charge in [0.2, 0.25) is 0 Å². The minimum Gasteiger partial charge on any atom is -0.481 e. The first-order valence-electron chi connectivity index (χ1n) is 5.78. The Bertz CT molecular complexity index is 564. The molecule has 19 heavy (non-hydrogen) atoms. The van der Waals surface area contributed by atoms with Gasteiger partial charge in [-0.05, 0) is 12.8 Å². The summed E-state index contributed by atoms with van der Waals surface area (Å²) in [5.74, 6) is -1.75. The predicted octanol–water partition coefficient (Wildman–Crippen LogP) is -0.0129. The molecule has 102 valence electrons. The van der Waals surface area contributed by atoms with E-state index < -0.39 is 24.4 Å². The van der Waals surface area contributed by atoms with E-state index in [4.69, 9.17) is 10.2 Å². The molecule has 1 unspecified atom stereocenters. The fraction of sp³-hybridized carbons (Fsp3) is 0.455. The van der Waals surface area contributed by atoms with Crippen molar-refractivity contribution in [3.05, 3.63) is 22.2 Å². The Labute approximate surface area is 107 Å². The van der Waals surface area contributed by atoms with E-state index in [-0.39, 0.29) is 17.3 Å². The number of aromatic amines is 1. The van der Waals surface area contributed by atoms with Crippen LogP contribution in [-0.2, 0) is 9.59 Å². The van der Waals surface area contributed by atoms with Gasteiger partial charge in [0.15, 0.2) is 0 Å². The fourth-order valence-electron chi connectivity index (χ4n) is 1.65. The number of hydrogen-bond acceptors (Lipinski definition) is 5. The van der Waals surface area contributed by atoms with Crippen LogP contribution in [0, 0.1) is 0 Å². The predicted molar refractivity (Wildman–Crippen MR) is 64.1 cm³/mol. The van der Waals surface area contributed by atoms with Gasteiger partial charge in [0.25, 0.3) is 5.56 Å². The molecule has 1 aliphatic rings. The summed E-state index contributed by atoms with van der Waals surface area (Å²) in [7, 11) is 0. The number of nitrogens with zero attached hydrogens (tertiary/aromatic N) is 1. The molecule has 1 heterocycles. The zero-order valence-electron chi connectivity index (χ0n) is 9.92. The molecule has 0 bridgehead atoms. The lowest BCUT2D eigenvalue weighted by atomic mass is 10.2. The fourth-order valence-corrected chi connectivity index (χ4v) is 1.65. The highest BCUT2D eigenvalue weighted by atomic mass is 16.4. The second kappa shape index (κ2) is 5.09. The van der Waals surface area contributed by atoms with Crippen LogP contribution in [0.25, 0.3) is 0 Å². The molecule has 1 saturated carbocycles. The van der Waals surface area contributed by atoms with Gasteiger partial charge in [0.05, 0.1) is 6.42 Å². The highest BCUT2D eigenvalue weighted by molar-refractivity contribution is 5.83. The quantitative estimate of drug-likeness (QED) is 0.569. The van der Waals surface area contributed by atoms with Crippen molar-refractivity contribution in [2.45, 2.75) is 31.2 Å². The van der Waals surface area contributed by atoms with E-state index >= 15 is 0 Å². The molecule has 8 nitrogen and oxygen atoms in total. The summed E-state index contributed by atoms with van der Waals surface area (Å²) in [6.07, 6.45) is 1.27. The molecule has 8 heteroatoms. The number of anilines is 1. The number of carboxylic acids is 2. The first-order chi connectivity index (χ1) is 8.95. The third kappa shape index (κ3) is 3.54. The monoisotopic (exact) mass is 267 g/mol. The van der Waals surface area contributed by atoms with E-state index in [1.807, 2.05) is 0 Å². The second-order valence-electron chi connectivity index (χ2n) is 4.42. The Hall–Kier alpha value is -2.38. The Kier molecular flexibility index (Phi) is 3.50. The van der Waals surface area contributed by atoms with Gasteiger partial charge in [-0.1, -0.05) is 0 Å². The molecular formula is C11H13N3O5. The number of carbonyl (C=O) groups is 2. The van der Waals surface area contributed by atoms with E-state index in [2.05, 4.69) is 15.3 Å². The van der Waals surface area contributed by atoms with Crippen molar-refractivity contribution >= 4 is 17.8 Å². The van der Waals surface area contributed by atoms with Gasteiger partial charge in [0, 0.05) is 12.0 Å². The Morgan fingerprint density at radius 2 is 2.16 bits per heavy atom. The molecular weight excluding hydrogens is 254 g/mol. The largest absolute Gasteiger partial charge is 0.481 e. The van der Waals surface area contributed by atoms with E-state index in [0.717, 1.165) is 18.9 Å². The van der Waals surface area contributed by atoms with Crippen LogP contribution in [0.4, 0.5) is 5.82 Å². The van der Waals surface area contributed by atoms with E-state index in [1.54, 1.807) is 0 Å². The number of H-pyrrole nitrogens is 1. The zero-order chi connectivity index (χ0) is 14.0. The lowest BCUT2D eigenvalue weighted by Gasteiger charge is -2.13. The highest BCUT2D eigenvalue weighted by Gasteiger charge is 2.27. The van der Waals surface area contributed by atoms with Gasteiger partial charge in [-0.3, -0.25) is 9.59 Å². The Morgan fingerprint density at radius 1 is 1.47 bits per heavy atom. The third-order valence-corrected chi connectivity index (χ3v) is 2.72. The normalized spacial score (nSPS) is 15.8. The van der Waals surface area contributed by atoms with Crippen LogP contribution in [0.5, 0.6) is 0 Å². The van der Waals surface area contributed by atoms with Crippen LogP contribution in [0.2, 0.25) is 0 Å². The van der Waals surface area contributed by atoms with Crippen molar-refractivity contribution in [3.63, 3.8) is 0 Å². The number of rotatable bonds is 6. The smallest absolute Gasteiger partial charge is 0.326 e. The van der Waals surface area contributed by atoms with E-state index in [9.17, 15) is 14.4 Å². The molecule has 1 aromatic heterocycles. The molecule has 4 N–H and O–H groups in total. The standard InChI is InChI=1S/C11H13N3O5/c15-8-4-7(13-10(14-8)5-1-2-5)12-6(11(18)19)3-9(16)17/h4-6H,1-3H2,(H,16,17)(H,18,19)(H2,12,13,14,15). The number of aromatic nitrogens is 2. The molecule has 0 aromatic carbocycles. The molecule has 1 aliphatic carbocycles. The maximum atomic E-state index is 11.4. The maximum Gasteiger partial charge on any atom is 0.326 e. The summed E-state index contributed by atoms with van der Waals surface area (Å²) >= 11 is 0. The van der Waals surface area contributed by atoms with Crippen LogP contribution >= 0.6 is 0 Å². The minimum absolute atomic E-state index is 0.0827. The maximum absolute atomic E-state index is 11.4. The molecule has 0 amide bonds. The van der Waals surface area contributed by atoms with Gasteiger partial charge >= 0.3 is 11.9 Å². The molecule has 0 saturated heterocycles. The lowest BCUT2D eigenvalue weighted by molar-refractivity contribution is -0.144. The molecule has 2 rings (SSSR count). The Balaban J connectivity index is 2.18. The average molecular weight is 267 g/mol. The average Bonchev–Trinajstić information content (AvgIpc) is 3.10. The molecule has 1 fully saturated rings. The first kappa shape index (κ1) is 13.1. The zero-order valence-corrected chi connectivity index (χ0v) is 9.92. The van der Waals surface area contributed by atoms with Crippen molar-refractivity contribution in [2.24, 2.45) is 0 Å². The van der Waals surface area contributed by atoms with Gasteiger partial charge in [0.1, 0.15) is 17.7 Å². The van der Waals surface area contributed by atoms with Crippen molar-refractivity contribution in [3.8, 4) is 0 Å². The van der Waals surface area contributed by atoms with Gasteiger partial charge in [-0.25, -0.2) is 9.78 Å². The number of nitrogens with one attached hydrogen (secondary N) is 2. The topological polar surface area (TPSA) is 132 Å². The SMILES string of the molecule is O=C(O)CC(Nc1cc(=O)[nH]c(C2CC2)n1)C(=O)O. The second-order valence-corrected chi connectivity index (χ2v) is 4.42. The molecule has 0 aliphatic heterocycles. The molecule has 1 aromatic rings. The van der Waals surface area contributed by atoms with E-state index in [0.29, 0.717) is 5.82 Å². The van der Waals surface area contributed by atoms with Crippen LogP contribution in [-0.4, -0.2) is 38.2 Å². The summed E-state index contributed by atoms with van der Waals surface area (Å²) in [5.41, 5.74) is -0.390. The molecule has 0 spiro atoms. The van der Waals surface area contributed by atoms with E-state index in [1.165, 1.54) is 0 Å². The summed E-state index contributed by atoms with van der Waals surface area (Å²) in [4.78, 5) is 39.6. The van der Waals surface area contributed by atoms with Crippen molar-refractivity contribution in [1.82, 2.24) is 9.97 Å². The first-order valence-corrected chi connectivity index (χ1v) is 5.78. The molecule has 0 radical (unpaired) electrons. The van der Waals surface area contributed by atoms with Crippen LogP contribution in [0.3, 0.4) is 0 Å². The van der Waals surface area contributed by atoms with Crippen LogP contribution in [0.15, 0.2) is 10.9 Å². The number of carboxylic acid groups (broad SMARTS) is 2. The van der Waals surface area contributed by atoms with Gasteiger partial charge in [-0.2, -0.15) is 0 Å². The lowest BCUT2D eigenvalue weighted by Crippen LogP contribution is -2.32. The summed E-state index contributed by atoms with van der Waals surface area (Å²) in [5, 5.41) is 20.0. The van der Waals surface area contributed by atoms with Crippen molar-refractivity contribution in [1.29, 1.82) is 0 Å². The number of aliphatic carboxylic acids is 2. The third-order valence-electron chi connectivity index (χ3n) is 2.72. The highest BCUT2D eigenvalue weighted by Crippen LogP contribution is 2.37. The Morgan fingerprint density at radius 3 is 2.68 bits per heavy atom. The molecule has 1 atom stereocenters. The van der Waals surface area contributed by atoms with Crippen LogP contribution < -0.4 is 10.9 Å².